The van der Waals surface area contributed by atoms with Crippen LogP contribution < -0.4 is 0 Å². The molecular weight excluding hydrogens is 352 g/mol. The van der Waals surface area contributed by atoms with Crippen LogP contribution in [-0.2, 0) is 19.3 Å². The number of hydrogen-bond acceptors (Lipinski definition) is 2. The van der Waals surface area contributed by atoms with E-state index in [1.165, 1.54) is 100 Å². The molecule has 1 aromatic carbocycles. The summed E-state index contributed by atoms with van der Waals surface area (Å²) in [5, 5.41) is 0. The van der Waals surface area contributed by atoms with Crippen LogP contribution in [0.15, 0.2) is 30.5 Å². The largest absolute Gasteiger partial charge is 0.236 e. The maximum atomic E-state index is 4.94. The molecular formula is C27H40N2. The summed E-state index contributed by atoms with van der Waals surface area (Å²) in [6.07, 6.45) is 20.5. The zero-order valence-corrected chi connectivity index (χ0v) is 18.8. The van der Waals surface area contributed by atoms with E-state index in [1.807, 2.05) is 0 Å². The van der Waals surface area contributed by atoms with E-state index in [0.29, 0.717) is 0 Å². The van der Waals surface area contributed by atoms with Crippen molar-refractivity contribution >= 4 is 0 Å². The smallest absolute Gasteiger partial charge is 0.159 e. The Hall–Kier alpha value is -1.70. The normalized spacial score (nSPS) is 16.0. The molecule has 2 aromatic rings. The molecule has 0 saturated heterocycles. The number of benzene rings is 1. The lowest BCUT2D eigenvalue weighted by atomic mass is 9.84. The van der Waals surface area contributed by atoms with Crippen molar-refractivity contribution in [1.29, 1.82) is 0 Å². The van der Waals surface area contributed by atoms with Gasteiger partial charge in [-0.2, -0.15) is 0 Å². The molecule has 3 rings (SSSR count). The van der Waals surface area contributed by atoms with Gasteiger partial charge in [-0.15, -0.1) is 0 Å². The first-order valence-electron chi connectivity index (χ1n) is 12.2. The van der Waals surface area contributed by atoms with Gasteiger partial charge in [0.15, 0.2) is 5.82 Å². The second kappa shape index (κ2) is 12.1. The first kappa shape index (κ1) is 22.0. The van der Waals surface area contributed by atoms with E-state index in [9.17, 15) is 0 Å². The van der Waals surface area contributed by atoms with Crippen molar-refractivity contribution < 1.29 is 0 Å². The summed E-state index contributed by atoms with van der Waals surface area (Å²) in [4.78, 5) is 9.67. The molecule has 0 amide bonds. The molecule has 1 aliphatic carbocycles. The molecule has 1 aliphatic rings. The Morgan fingerprint density at radius 3 is 2.34 bits per heavy atom. The Balaban J connectivity index is 1.52. The van der Waals surface area contributed by atoms with E-state index in [-0.39, 0.29) is 0 Å². The van der Waals surface area contributed by atoms with Gasteiger partial charge in [-0.25, -0.2) is 9.97 Å². The second-order valence-electron chi connectivity index (χ2n) is 8.98. The molecule has 1 heterocycles. The van der Waals surface area contributed by atoms with Gasteiger partial charge in [0, 0.05) is 17.5 Å². The third-order valence-electron chi connectivity index (χ3n) is 6.50. The van der Waals surface area contributed by atoms with Crippen molar-refractivity contribution in [3.63, 3.8) is 0 Å². The molecule has 0 radical (unpaired) electrons. The molecule has 1 unspecified atom stereocenters. The van der Waals surface area contributed by atoms with Gasteiger partial charge in [0.1, 0.15) is 0 Å². The summed E-state index contributed by atoms with van der Waals surface area (Å²) in [6, 6.07) is 8.94. The van der Waals surface area contributed by atoms with E-state index < -0.39 is 0 Å². The summed E-state index contributed by atoms with van der Waals surface area (Å²) < 4.78 is 0. The van der Waals surface area contributed by atoms with Gasteiger partial charge < -0.3 is 0 Å². The van der Waals surface area contributed by atoms with E-state index in [4.69, 9.17) is 9.97 Å². The van der Waals surface area contributed by atoms with Gasteiger partial charge in [-0.3, -0.25) is 0 Å². The fourth-order valence-corrected chi connectivity index (χ4v) is 4.58. The van der Waals surface area contributed by atoms with Gasteiger partial charge in [-0.1, -0.05) is 95.9 Å². The third kappa shape index (κ3) is 6.94. The predicted molar refractivity (Wildman–Crippen MR) is 124 cm³/mol. The third-order valence-corrected chi connectivity index (χ3v) is 6.50. The standard InChI is InChI=1S/C27H40N2/c1-3-5-7-9-11-13-23-16-19-26-25(20-23)21-28-27(29-26)24-17-14-22(15-18-24)12-10-8-6-4-2/h14-15,17-18,21,23H,3-13,16,19-20H2,1-2H3. The minimum absolute atomic E-state index is 0.838. The fourth-order valence-electron chi connectivity index (χ4n) is 4.58. The van der Waals surface area contributed by atoms with Crippen LogP contribution >= 0.6 is 0 Å². The quantitative estimate of drug-likeness (QED) is 0.345. The molecule has 0 aliphatic heterocycles. The summed E-state index contributed by atoms with van der Waals surface area (Å²) in [5.41, 5.74) is 5.28. The Kier molecular flexibility index (Phi) is 9.18. The first-order valence-corrected chi connectivity index (χ1v) is 12.2. The van der Waals surface area contributed by atoms with Crippen LogP contribution in [0.1, 0.15) is 101 Å². The summed E-state index contributed by atoms with van der Waals surface area (Å²) in [6.45, 7) is 4.55. The minimum atomic E-state index is 0.838. The first-order chi connectivity index (χ1) is 14.3. The molecule has 29 heavy (non-hydrogen) atoms. The highest BCUT2D eigenvalue weighted by Gasteiger charge is 2.20. The van der Waals surface area contributed by atoms with Crippen molar-refractivity contribution in [1.82, 2.24) is 9.97 Å². The van der Waals surface area contributed by atoms with Crippen LogP contribution in [0, 0.1) is 5.92 Å². The topological polar surface area (TPSA) is 25.8 Å². The summed E-state index contributed by atoms with van der Waals surface area (Å²) in [5.74, 6) is 1.74. The van der Waals surface area contributed by atoms with Gasteiger partial charge in [-0.05, 0) is 49.1 Å². The second-order valence-corrected chi connectivity index (χ2v) is 8.98. The molecule has 1 atom stereocenters. The average Bonchev–Trinajstić information content (AvgIpc) is 2.76. The number of aryl methyl sites for hydroxylation is 2. The monoisotopic (exact) mass is 392 g/mol. The SMILES string of the molecule is CCCCCCCC1CCc2nc(-c3ccc(CCCCCC)cc3)ncc2C1. The Morgan fingerprint density at radius 1 is 0.862 bits per heavy atom. The molecule has 0 saturated carbocycles. The van der Waals surface area contributed by atoms with Crippen molar-refractivity contribution in [2.24, 2.45) is 5.92 Å². The number of aromatic nitrogens is 2. The number of unbranched alkanes of at least 4 members (excludes halogenated alkanes) is 7. The summed E-state index contributed by atoms with van der Waals surface area (Å²) >= 11 is 0. The number of fused-ring (bicyclic) bond motifs is 1. The van der Waals surface area contributed by atoms with Gasteiger partial charge >= 0.3 is 0 Å². The van der Waals surface area contributed by atoms with Crippen LogP contribution in [0.3, 0.4) is 0 Å². The highest BCUT2D eigenvalue weighted by atomic mass is 14.9. The van der Waals surface area contributed by atoms with Gasteiger partial charge in [0.25, 0.3) is 0 Å². The highest BCUT2D eigenvalue weighted by molar-refractivity contribution is 5.55. The van der Waals surface area contributed by atoms with E-state index in [1.54, 1.807) is 0 Å². The Labute approximate surface area is 178 Å². The lowest BCUT2D eigenvalue weighted by molar-refractivity contribution is 0.400. The highest BCUT2D eigenvalue weighted by Crippen LogP contribution is 2.29. The number of hydrogen-bond donors (Lipinski definition) is 0. The lowest BCUT2D eigenvalue weighted by Crippen LogP contribution is -2.16. The van der Waals surface area contributed by atoms with E-state index >= 15 is 0 Å². The predicted octanol–water partition coefficient (Wildman–Crippen LogP) is 7.73. The van der Waals surface area contributed by atoms with Gasteiger partial charge in [0.2, 0.25) is 0 Å². The fraction of sp³-hybridized carbons (Fsp3) is 0.630. The van der Waals surface area contributed by atoms with Crippen LogP contribution in [0.5, 0.6) is 0 Å². The zero-order chi connectivity index (χ0) is 20.3. The molecule has 0 N–H and O–H groups in total. The van der Waals surface area contributed by atoms with Gasteiger partial charge in [0.05, 0.1) is 0 Å². The van der Waals surface area contributed by atoms with Crippen molar-refractivity contribution in [2.45, 2.75) is 104 Å². The van der Waals surface area contributed by atoms with Crippen molar-refractivity contribution in [3.05, 3.63) is 47.3 Å². The molecule has 1 aromatic heterocycles. The number of nitrogens with zero attached hydrogens (tertiary/aromatic N) is 2. The molecule has 0 bridgehead atoms. The van der Waals surface area contributed by atoms with Crippen molar-refractivity contribution in [2.75, 3.05) is 0 Å². The van der Waals surface area contributed by atoms with Crippen LogP contribution in [0.25, 0.3) is 11.4 Å². The average molecular weight is 393 g/mol. The minimum Gasteiger partial charge on any atom is -0.236 e. The zero-order valence-electron chi connectivity index (χ0n) is 18.8. The maximum absolute atomic E-state index is 4.94. The molecule has 0 spiro atoms. The van der Waals surface area contributed by atoms with E-state index in [0.717, 1.165) is 23.7 Å². The Bertz CT molecular complexity index is 720. The maximum Gasteiger partial charge on any atom is 0.159 e. The van der Waals surface area contributed by atoms with Crippen LogP contribution in [0.2, 0.25) is 0 Å². The van der Waals surface area contributed by atoms with Crippen LogP contribution in [-0.4, -0.2) is 9.97 Å². The molecule has 2 nitrogen and oxygen atoms in total. The molecule has 2 heteroatoms. The van der Waals surface area contributed by atoms with Crippen LogP contribution in [0.4, 0.5) is 0 Å². The van der Waals surface area contributed by atoms with E-state index in [2.05, 4.69) is 44.3 Å². The Morgan fingerprint density at radius 2 is 1.59 bits per heavy atom. The lowest BCUT2D eigenvalue weighted by Gasteiger charge is -2.24. The molecule has 0 fully saturated rings. The number of rotatable bonds is 12. The van der Waals surface area contributed by atoms with Crippen molar-refractivity contribution in [3.8, 4) is 11.4 Å². The molecule has 158 valence electrons. The summed E-state index contributed by atoms with van der Waals surface area (Å²) in [7, 11) is 0.